The van der Waals surface area contributed by atoms with E-state index in [4.69, 9.17) is 0 Å². The van der Waals surface area contributed by atoms with Gasteiger partial charge in [0.15, 0.2) is 5.82 Å². The Morgan fingerprint density at radius 3 is 2.62 bits per heavy atom. The third-order valence-corrected chi connectivity index (χ3v) is 4.28. The van der Waals surface area contributed by atoms with E-state index in [9.17, 15) is 0 Å². The maximum atomic E-state index is 4.63. The summed E-state index contributed by atoms with van der Waals surface area (Å²) < 4.78 is 1.93. The van der Waals surface area contributed by atoms with Crippen LogP contribution >= 0.6 is 0 Å². The molecule has 0 aliphatic rings. The lowest BCUT2D eigenvalue weighted by molar-refractivity contribution is 0.833. The van der Waals surface area contributed by atoms with Crippen LogP contribution in [0.1, 0.15) is 17.0 Å². The van der Waals surface area contributed by atoms with E-state index in [1.165, 1.54) is 0 Å². The molecule has 0 saturated carbocycles. The summed E-state index contributed by atoms with van der Waals surface area (Å²) in [6.07, 6.45) is 3.52. The highest BCUT2D eigenvalue weighted by atomic mass is 15.3. The van der Waals surface area contributed by atoms with Crippen LogP contribution in [0.25, 0.3) is 16.5 Å². The highest BCUT2D eigenvalue weighted by Crippen LogP contribution is 2.20. The number of hydrogen-bond donors (Lipinski definition) is 1. The molecule has 2 aromatic heterocycles. The molecular formula is C20H18N6. The van der Waals surface area contributed by atoms with Crippen LogP contribution in [0.3, 0.4) is 0 Å². The van der Waals surface area contributed by atoms with Crippen LogP contribution < -0.4 is 5.43 Å². The Hall–Kier alpha value is -3.54. The first-order valence-electron chi connectivity index (χ1n) is 8.35. The fraction of sp³-hybridized carbons (Fsp3) is 0.100. The number of aryl methyl sites for hydroxylation is 1. The topological polar surface area (TPSA) is 68.0 Å². The van der Waals surface area contributed by atoms with Gasteiger partial charge >= 0.3 is 0 Å². The van der Waals surface area contributed by atoms with Gasteiger partial charge in [-0.2, -0.15) is 15.3 Å². The minimum absolute atomic E-state index is 0.630. The predicted octanol–water partition coefficient (Wildman–Crippen LogP) is 3.88. The number of rotatable bonds is 4. The minimum atomic E-state index is 0.630. The Morgan fingerprint density at radius 1 is 1.00 bits per heavy atom. The van der Waals surface area contributed by atoms with Crippen LogP contribution in [0.15, 0.2) is 65.9 Å². The zero-order valence-corrected chi connectivity index (χ0v) is 14.6. The molecule has 0 saturated heterocycles. The first-order valence-corrected chi connectivity index (χ1v) is 8.35. The summed E-state index contributed by atoms with van der Waals surface area (Å²) in [6.45, 7) is 4.01. The van der Waals surface area contributed by atoms with Gasteiger partial charge in [0.1, 0.15) is 0 Å². The number of hydrogen-bond acceptors (Lipinski definition) is 5. The molecule has 4 rings (SSSR count). The van der Waals surface area contributed by atoms with E-state index in [-0.39, 0.29) is 0 Å². The Balaban J connectivity index is 1.62. The summed E-state index contributed by atoms with van der Waals surface area (Å²) in [6, 6.07) is 18.0. The smallest absolute Gasteiger partial charge is 0.176 e. The van der Waals surface area contributed by atoms with Gasteiger partial charge in [-0.25, -0.2) is 4.68 Å². The molecule has 0 amide bonds. The van der Waals surface area contributed by atoms with Crippen molar-refractivity contribution < 1.29 is 0 Å². The second-order valence-corrected chi connectivity index (χ2v) is 5.98. The van der Waals surface area contributed by atoms with Crippen molar-refractivity contribution in [2.45, 2.75) is 13.8 Å². The van der Waals surface area contributed by atoms with E-state index in [1.807, 2.05) is 73.1 Å². The Kier molecular flexibility index (Phi) is 4.15. The largest absolute Gasteiger partial charge is 0.259 e. The Labute approximate surface area is 151 Å². The molecule has 0 radical (unpaired) electrons. The minimum Gasteiger partial charge on any atom is -0.259 e. The van der Waals surface area contributed by atoms with Crippen LogP contribution in [-0.2, 0) is 0 Å². The Morgan fingerprint density at radius 2 is 1.77 bits per heavy atom. The molecule has 2 aromatic carbocycles. The van der Waals surface area contributed by atoms with Crippen molar-refractivity contribution >= 4 is 22.8 Å². The predicted molar refractivity (Wildman–Crippen MR) is 104 cm³/mol. The molecular weight excluding hydrogens is 324 g/mol. The third-order valence-electron chi connectivity index (χ3n) is 4.28. The van der Waals surface area contributed by atoms with Crippen LogP contribution in [0.2, 0.25) is 0 Å². The van der Waals surface area contributed by atoms with Crippen LogP contribution in [0.4, 0.5) is 5.82 Å². The number of nitrogens with zero attached hydrogens (tertiary/aromatic N) is 5. The lowest BCUT2D eigenvalue weighted by Crippen LogP contribution is -1.99. The van der Waals surface area contributed by atoms with Crippen LogP contribution in [0.5, 0.6) is 0 Å². The fourth-order valence-electron chi connectivity index (χ4n) is 2.93. The Bertz CT molecular complexity index is 1080. The molecule has 4 aromatic rings. The summed E-state index contributed by atoms with van der Waals surface area (Å²) in [5, 5.41) is 19.1. The van der Waals surface area contributed by atoms with Gasteiger partial charge in [0.2, 0.25) is 0 Å². The monoisotopic (exact) mass is 342 g/mol. The van der Waals surface area contributed by atoms with Crippen molar-refractivity contribution in [2.75, 3.05) is 5.43 Å². The maximum Gasteiger partial charge on any atom is 0.176 e. The van der Waals surface area contributed by atoms with Gasteiger partial charge in [0, 0.05) is 16.3 Å². The lowest BCUT2D eigenvalue weighted by atomic mass is 10.2. The molecule has 0 fully saturated rings. The normalized spacial score (nSPS) is 11.3. The van der Waals surface area contributed by atoms with Gasteiger partial charge in [0.25, 0.3) is 0 Å². The van der Waals surface area contributed by atoms with E-state index >= 15 is 0 Å². The molecule has 0 atom stereocenters. The van der Waals surface area contributed by atoms with Crippen molar-refractivity contribution in [3.63, 3.8) is 0 Å². The van der Waals surface area contributed by atoms with Crippen molar-refractivity contribution in [3.8, 4) is 5.69 Å². The molecule has 128 valence electrons. The highest BCUT2D eigenvalue weighted by Gasteiger charge is 2.11. The van der Waals surface area contributed by atoms with Crippen molar-refractivity contribution in [3.05, 3.63) is 77.7 Å². The molecule has 2 heterocycles. The van der Waals surface area contributed by atoms with Crippen molar-refractivity contribution in [1.82, 2.24) is 20.0 Å². The zero-order valence-electron chi connectivity index (χ0n) is 14.6. The molecule has 6 heteroatoms. The number of anilines is 1. The summed E-state index contributed by atoms with van der Waals surface area (Å²) in [7, 11) is 0. The quantitative estimate of drug-likeness (QED) is 0.451. The highest BCUT2D eigenvalue weighted by molar-refractivity contribution is 5.91. The number of para-hydroxylation sites is 1. The first kappa shape index (κ1) is 16.0. The van der Waals surface area contributed by atoms with E-state index < -0.39 is 0 Å². The summed E-state index contributed by atoms with van der Waals surface area (Å²) in [5.74, 6) is 0.630. The van der Waals surface area contributed by atoms with E-state index in [0.29, 0.717) is 5.82 Å². The third kappa shape index (κ3) is 2.93. The zero-order chi connectivity index (χ0) is 17.9. The molecule has 0 unspecified atom stereocenters. The van der Waals surface area contributed by atoms with Gasteiger partial charge in [-0.1, -0.05) is 42.5 Å². The molecule has 6 nitrogen and oxygen atoms in total. The van der Waals surface area contributed by atoms with Gasteiger partial charge in [-0.05, 0) is 26.0 Å². The number of fused-ring (bicyclic) bond motifs is 1. The summed E-state index contributed by atoms with van der Waals surface area (Å²) in [5.41, 5.74) is 6.96. The van der Waals surface area contributed by atoms with E-state index in [0.717, 1.165) is 33.4 Å². The van der Waals surface area contributed by atoms with Gasteiger partial charge in [-0.3, -0.25) is 5.43 Å². The van der Waals surface area contributed by atoms with Crippen LogP contribution in [-0.4, -0.2) is 26.2 Å². The van der Waals surface area contributed by atoms with Crippen LogP contribution in [0, 0.1) is 13.8 Å². The molecule has 0 spiro atoms. The average molecular weight is 342 g/mol. The second kappa shape index (κ2) is 6.76. The van der Waals surface area contributed by atoms with Crippen molar-refractivity contribution in [1.29, 1.82) is 0 Å². The summed E-state index contributed by atoms with van der Waals surface area (Å²) >= 11 is 0. The van der Waals surface area contributed by atoms with Gasteiger partial charge in [0.05, 0.1) is 29.5 Å². The standard InChI is InChI=1S/C20H18N6/c1-14-19(15(2)26(25-14)17-9-4-3-5-10-17)13-22-24-20-18-11-7-6-8-16(18)12-21-23-20/h3-13H,1-2H3,(H,23,24). The molecule has 0 aliphatic carbocycles. The van der Waals surface area contributed by atoms with E-state index in [2.05, 4.69) is 25.8 Å². The molecule has 0 aliphatic heterocycles. The number of aromatic nitrogens is 4. The second-order valence-electron chi connectivity index (χ2n) is 5.98. The van der Waals surface area contributed by atoms with Crippen molar-refractivity contribution in [2.24, 2.45) is 5.10 Å². The number of hydrazone groups is 1. The molecule has 1 N–H and O–H groups in total. The first-order chi connectivity index (χ1) is 12.7. The van der Waals surface area contributed by atoms with Gasteiger partial charge < -0.3 is 0 Å². The summed E-state index contributed by atoms with van der Waals surface area (Å²) in [4.78, 5) is 0. The number of benzene rings is 2. The maximum absolute atomic E-state index is 4.63. The number of nitrogens with one attached hydrogen (secondary N) is 1. The molecule has 0 bridgehead atoms. The van der Waals surface area contributed by atoms with Gasteiger partial charge in [-0.15, -0.1) is 5.10 Å². The molecule has 26 heavy (non-hydrogen) atoms. The average Bonchev–Trinajstić information content (AvgIpc) is 2.97. The lowest BCUT2D eigenvalue weighted by Gasteiger charge is -2.04. The SMILES string of the molecule is Cc1nn(-c2ccccc2)c(C)c1C=NNc1nncc2ccccc12. The fourth-order valence-corrected chi connectivity index (χ4v) is 2.93. The van der Waals surface area contributed by atoms with E-state index in [1.54, 1.807) is 12.4 Å².